The lowest BCUT2D eigenvalue weighted by Crippen LogP contribution is -2.49. The Balaban J connectivity index is 0.00000320. The van der Waals surface area contributed by atoms with Gasteiger partial charge in [-0.1, -0.05) is 31.2 Å². The van der Waals surface area contributed by atoms with Crippen molar-refractivity contribution < 1.29 is 0 Å². The highest BCUT2D eigenvalue weighted by atomic mass is 127. The Morgan fingerprint density at radius 1 is 1.07 bits per heavy atom. The standard InChI is InChI=1S/C24H41N5.HI/c1-19(2)29-14-11-23(12-15-29)27-24(25-4)26-16-21-7-9-22(10-8-21)18-28-13-5-6-20(3)17-28;/h7-10,19-20,23H,5-6,11-18H2,1-4H3,(H2,25,26,27);1H. The summed E-state index contributed by atoms with van der Waals surface area (Å²) in [4.78, 5) is 9.58. The Hall–Kier alpha value is -0.860. The molecule has 2 fully saturated rings. The van der Waals surface area contributed by atoms with E-state index in [9.17, 15) is 0 Å². The van der Waals surface area contributed by atoms with Crippen LogP contribution in [-0.2, 0) is 13.1 Å². The summed E-state index contributed by atoms with van der Waals surface area (Å²) in [6, 6.07) is 10.2. The van der Waals surface area contributed by atoms with E-state index in [4.69, 9.17) is 0 Å². The molecule has 0 radical (unpaired) electrons. The Labute approximate surface area is 201 Å². The van der Waals surface area contributed by atoms with E-state index < -0.39 is 0 Å². The molecule has 2 aliphatic heterocycles. The fourth-order valence-corrected chi connectivity index (χ4v) is 4.58. The van der Waals surface area contributed by atoms with Gasteiger partial charge in [-0.2, -0.15) is 0 Å². The molecule has 0 bridgehead atoms. The molecule has 2 saturated heterocycles. The van der Waals surface area contributed by atoms with Crippen LogP contribution in [0.4, 0.5) is 0 Å². The number of aliphatic imine (C=N–C) groups is 1. The zero-order valence-electron chi connectivity index (χ0n) is 19.4. The smallest absolute Gasteiger partial charge is 0.191 e. The van der Waals surface area contributed by atoms with Crippen LogP contribution in [0.1, 0.15) is 57.6 Å². The monoisotopic (exact) mass is 527 g/mol. The average molecular weight is 528 g/mol. The summed E-state index contributed by atoms with van der Waals surface area (Å²) in [6.45, 7) is 13.6. The average Bonchev–Trinajstić information content (AvgIpc) is 2.72. The van der Waals surface area contributed by atoms with Crippen LogP contribution in [-0.4, -0.2) is 61.1 Å². The Bertz CT molecular complexity index is 638. The van der Waals surface area contributed by atoms with Gasteiger partial charge in [-0.05, 0) is 63.1 Å². The van der Waals surface area contributed by atoms with Gasteiger partial charge < -0.3 is 15.5 Å². The maximum Gasteiger partial charge on any atom is 0.191 e. The van der Waals surface area contributed by atoms with Crippen molar-refractivity contribution in [3.63, 3.8) is 0 Å². The minimum absolute atomic E-state index is 0. The first kappa shape index (κ1) is 25.4. The zero-order valence-corrected chi connectivity index (χ0v) is 21.7. The normalized spacial score (nSPS) is 22.0. The molecule has 2 aliphatic rings. The minimum Gasteiger partial charge on any atom is -0.354 e. The van der Waals surface area contributed by atoms with Crippen LogP contribution in [0.5, 0.6) is 0 Å². The Morgan fingerprint density at radius 2 is 1.73 bits per heavy atom. The highest BCUT2D eigenvalue weighted by Crippen LogP contribution is 2.18. The second-order valence-electron chi connectivity index (χ2n) is 9.27. The SMILES string of the molecule is CN=C(NCc1ccc(CN2CCCC(C)C2)cc1)NC1CCN(C(C)C)CC1.I. The molecule has 2 heterocycles. The van der Waals surface area contributed by atoms with Gasteiger partial charge in [0.2, 0.25) is 0 Å². The first-order chi connectivity index (χ1) is 14.0. The number of nitrogens with zero attached hydrogens (tertiary/aromatic N) is 3. The molecule has 1 atom stereocenters. The minimum atomic E-state index is 0. The third-order valence-electron chi connectivity index (χ3n) is 6.45. The number of nitrogens with one attached hydrogen (secondary N) is 2. The van der Waals surface area contributed by atoms with Gasteiger partial charge in [0.1, 0.15) is 0 Å². The highest BCUT2D eigenvalue weighted by Gasteiger charge is 2.21. The lowest BCUT2D eigenvalue weighted by molar-refractivity contribution is 0.167. The summed E-state index contributed by atoms with van der Waals surface area (Å²) in [5.74, 6) is 1.75. The first-order valence-electron chi connectivity index (χ1n) is 11.5. The molecular weight excluding hydrogens is 485 g/mol. The second kappa shape index (κ2) is 12.9. The Morgan fingerprint density at radius 3 is 2.33 bits per heavy atom. The topological polar surface area (TPSA) is 42.9 Å². The van der Waals surface area contributed by atoms with E-state index in [0.29, 0.717) is 12.1 Å². The molecule has 0 aromatic heterocycles. The number of piperidine rings is 2. The van der Waals surface area contributed by atoms with E-state index in [0.717, 1.165) is 25.0 Å². The molecule has 2 N–H and O–H groups in total. The van der Waals surface area contributed by atoms with Crippen LogP contribution >= 0.6 is 24.0 Å². The van der Waals surface area contributed by atoms with Gasteiger partial charge >= 0.3 is 0 Å². The van der Waals surface area contributed by atoms with Crippen LogP contribution in [0.2, 0.25) is 0 Å². The lowest BCUT2D eigenvalue weighted by Gasteiger charge is -2.35. The van der Waals surface area contributed by atoms with Crippen molar-refractivity contribution in [2.75, 3.05) is 33.2 Å². The molecule has 1 unspecified atom stereocenters. The van der Waals surface area contributed by atoms with E-state index in [1.165, 1.54) is 63.0 Å². The molecule has 30 heavy (non-hydrogen) atoms. The van der Waals surface area contributed by atoms with Crippen LogP contribution in [0.3, 0.4) is 0 Å². The zero-order chi connectivity index (χ0) is 20.6. The largest absolute Gasteiger partial charge is 0.354 e. The number of hydrogen-bond donors (Lipinski definition) is 2. The predicted octanol–water partition coefficient (Wildman–Crippen LogP) is 4.07. The third-order valence-corrected chi connectivity index (χ3v) is 6.45. The number of rotatable bonds is 6. The molecule has 5 nitrogen and oxygen atoms in total. The maximum atomic E-state index is 4.43. The van der Waals surface area contributed by atoms with Crippen molar-refractivity contribution >= 4 is 29.9 Å². The summed E-state index contributed by atoms with van der Waals surface area (Å²) in [6.07, 6.45) is 5.09. The Kier molecular flexibility index (Phi) is 10.9. The molecule has 6 heteroatoms. The molecule has 0 spiro atoms. The number of likely N-dealkylation sites (tertiary alicyclic amines) is 2. The molecule has 0 amide bonds. The van der Waals surface area contributed by atoms with Gasteiger partial charge in [0, 0.05) is 51.9 Å². The van der Waals surface area contributed by atoms with E-state index in [-0.39, 0.29) is 24.0 Å². The van der Waals surface area contributed by atoms with Gasteiger partial charge in [-0.25, -0.2) is 0 Å². The maximum absolute atomic E-state index is 4.43. The van der Waals surface area contributed by atoms with Crippen molar-refractivity contribution in [3.05, 3.63) is 35.4 Å². The van der Waals surface area contributed by atoms with E-state index in [2.05, 4.69) is 70.5 Å². The van der Waals surface area contributed by atoms with E-state index in [1.807, 2.05) is 7.05 Å². The van der Waals surface area contributed by atoms with Crippen molar-refractivity contribution in [3.8, 4) is 0 Å². The first-order valence-corrected chi connectivity index (χ1v) is 11.5. The van der Waals surface area contributed by atoms with Crippen molar-refractivity contribution in [2.45, 2.75) is 71.6 Å². The van der Waals surface area contributed by atoms with Gasteiger partial charge in [0.15, 0.2) is 5.96 Å². The molecule has 0 saturated carbocycles. The van der Waals surface area contributed by atoms with Gasteiger partial charge in [0.05, 0.1) is 0 Å². The molecular formula is C24H42IN5. The summed E-state index contributed by atoms with van der Waals surface area (Å²) in [5, 5.41) is 7.10. The summed E-state index contributed by atoms with van der Waals surface area (Å²) in [5.41, 5.74) is 2.72. The van der Waals surface area contributed by atoms with Crippen molar-refractivity contribution in [1.82, 2.24) is 20.4 Å². The van der Waals surface area contributed by atoms with Gasteiger partial charge in [-0.15, -0.1) is 24.0 Å². The van der Waals surface area contributed by atoms with Crippen molar-refractivity contribution in [1.29, 1.82) is 0 Å². The van der Waals surface area contributed by atoms with E-state index >= 15 is 0 Å². The molecule has 1 aromatic rings. The predicted molar refractivity (Wildman–Crippen MR) is 139 cm³/mol. The van der Waals surface area contributed by atoms with Crippen LogP contribution in [0.25, 0.3) is 0 Å². The van der Waals surface area contributed by atoms with Crippen molar-refractivity contribution in [2.24, 2.45) is 10.9 Å². The van der Waals surface area contributed by atoms with Gasteiger partial charge in [0.25, 0.3) is 0 Å². The van der Waals surface area contributed by atoms with Crippen LogP contribution in [0, 0.1) is 5.92 Å². The summed E-state index contributed by atoms with van der Waals surface area (Å²) in [7, 11) is 1.86. The lowest BCUT2D eigenvalue weighted by atomic mass is 9.99. The van der Waals surface area contributed by atoms with Crippen LogP contribution < -0.4 is 10.6 Å². The highest BCUT2D eigenvalue weighted by molar-refractivity contribution is 14.0. The van der Waals surface area contributed by atoms with Gasteiger partial charge in [-0.3, -0.25) is 9.89 Å². The fraction of sp³-hybridized carbons (Fsp3) is 0.708. The second-order valence-corrected chi connectivity index (χ2v) is 9.27. The number of guanidine groups is 1. The summed E-state index contributed by atoms with van der Waals surface area (Å²) >= 11 is 0. The quantitative estimate of drug-likeness (QED) is 0.333. The molecule has 1 aromatic carbocycles. The van der Waals surface area contributed by atoms with Crippen LogP contribution in [0.15, 0.2) is 29.3 Å². The number of halogens is 1. The molecule has 3 rings (SSSR count). The van der Waals surface area contributed by atoms with E-state index in [1.54, 1.807) is 0 Å². The number of hydrogen-bond acceptors (Lipinski definition) is 3. The fourth-order valence-electron chi connectivity index (χ4n) is 4.58. The third kappa shape index (κ3) is 8.00. The molecule has 0 aliphatic carbocycles. The number of benzene rings is 1. The molecule has 170 valence electrons. The summed E-state index contributed by atoms with van der Waals surface area (Å²) < 4.78 is 0.